The van der Waals surface area contributed by atoms with Crippen molar-refractivity contribution in [3.63, 3.8) is 0 Å². The minimum atomic E-state index is -0.858. The van der Waals surface area contributed by atoms with Gasteiger partial charge in [0.1, 0.15) is 13.2 Å². The van der Waals surface area contributed by atoms with E-state index in [9.17, 15) is 14.4 Å². The Hall–Kier alpha value is -5.49. The maximum absolute atomic E-state index is 12.8. The van der Waals surface area contributed by atoms with Gasteiger partial charge < -0.3 is 14.2 Å². The Kier molecular flexibility index (Phi) is 45.9. The molecule has 0 saturated heterocycles. The van der Waals surface area contributed by atoms with Crippen LogP contribution >= 0.6 is 0 Å². The van der Waals surface area contributed by atoms with E-state index in [0.717, 1.165) is 83.5 Å². The van der Waals surface area contributed by atoms with E-state index in [1.165, 1.54) is 0 Å². The third kappa shape index (κ3) is 47.6. The molecule has 0 heterocycles. The highest BCUT2D eigenvalue weighted by molar-refractivity contribution is 5.71. The van der Waals surface area contributed by atoms with Gasteiger partial charge in [-0.15, -0.1) is 0 Å². The topological polar surface area (TPSA) is 78.9 Å². The lowest BCUT2D eigenvalue weighted by atomic mass is 10.1. The zero-order chi connectivity index (χ0) is 46.5. The molecule has 0 saturated carbocycles. The van der Waals surface area contributed by atoms with Gasteiger partial charge in [0, 0.05) is 19.3 Å². The molecule has 1 atom stereocenters. The number of esters is 3. The number of carbonyl (C=O) groups excluding carboxylic acids is 3. The fourth-order valence-electron chi connectivity index (χ4n) is 5.41. The zero-order valence-corrected chi connectivity index (χ0v) is 39.7. The number of rotatable bonds is 39. The summed E-state index contributed by atoms with van der Waals surface area (Å²) >= 11 is 0. The van der Waals surface area contributed by atoms with Crippen LogP contribution in [0.1, 0.15) is 143 Å². The molecule has 0 aliphatic rings. The molecule has 0 aromatic carbocycles. The van der Waals surface area contributed by atoms with Crippen LogP contribution in [0, 0.1) is 0 Å². The van der Waals surface area contributed by atoms with Crippen LogP contribution in [0.4, 0.5) is 0 Å². The first-order chi connectivity index (χ1) is 31.5. The van der Waals surface area contributed by atoms with E-state index in [4.69, 9.17) is 14.2 Å². The third-order valence-electron chi connectivity index (χ3n) is 8.91. The van der Waals surface area contributed by atoms with Crippen molar-refractivity contribution in [2.24, 2.45) is 0 Å². The highest BCUT2D eigenvalue weighted by atomic mass is 16.6. The second-order valence-corrected chi connectivity index (χ2v) is 14.8. The predicted molar refractivity (Wildman–Crippen MR) is 274 cm³/mol. The number of carbonyl (C=O) groups is 3. The standard InChI is InChI=1S/C58H82O6/c1-4-7-10-13-16-19-22-25-28-31-33-36-39-42-45-48-51-57(60)63-54-55(64-58(61)52-49-46-43-40-37-34-30-27-24-21-18-15-12-9-6-3)53-62-56(59)50-47-44-41-38-35-32-29-26-23-20-17-14-11-8-5-2/h7-12,14-21,23-30,32-37,42,45,55H,4-6,13,22,31,38-41,43-44,46-54H2,1-3H3/b10-7-,11-8-,12-9-,17-14-,18-15-,19-16-,23-20-,24-21-,28-25-,29-26-,30-27-,35-32-,36-33-,37-34-,45-42-. The number of ether oxygens (including phenoxy) is 3. The highest BCUT2D eigenvalue weighted by Crippen LogP contribution is 2.10. The fourth-order valence-corrected chi connectivity index (χ4v) is 5.41. The normalized spacial score (nSPS) is 13.7. The van der Waals surface area contributed by atoms with Crippen molar-refractivity contribution in [1.82, 2.24) is 0 Å². The van der Waals surface area contributed by atoms with Crippen LogP contribution in [0.25, 0.3) is 0 Å². The van der Waals surface area contributed by atoms with Crippen LogP contribution in [-0.4, -0.2) is 37.2 Å². The molecule has 0 aliphatic carbocycles. The molecule has 6 nitrogen and oxygen atoms in total. The molecule has 0 N–H and O–H groups in total. The lowest BCUT2D eigenvalue weighted by molar-refractivity contribution is -0.166. The van der Waals surface area contributed by atoms with E-state index < -0.39 is 18.0 Å². The summed E-state index contributed by atoms with van der Waals surface area (Å²) in [4.78, 5) is 37.9. The Labute approximate surface area is 389 Å². The van der Waals surface area contributed by atoms with Gasteiger partial charge in [0.2, 0.25) is 0 Å². The van der Waals surface area contributed by atoms with E-state index in [2.05, 4.69) is 93.7 Å². The summed E-state index contributed by atoms with van der Waals surface area (Å²) in [5.74, 6) is -1.14. The largest absolute Gasteiger partial charge is 0.462 e. The molecule has 0 bridgehead atoms. The van der Waals surface area contributed by atoms with Gasteiger partial charge in [0.15, 0.2) is 6.10 Å². The van der Waals surface area contributed by atoms with Crippen molar-refractivity contribution >= 4 is 17.9 Å². The first kappa shape index (κ1) is 58.5. The van der Waals surface area contributed by atoms with Crippen molar-refractivity contribution in [3.05, 3.63) is 182 Å². The molecule has 350 valence electrons. The molecule has 6 heteroatoms. The Morgan fingerprint density at radius 3 is 1.09 bits per heavy atom. The van der Waals surface area contributed by atoms with Gasteiger partial charge in [-0.25, -0.2) is 0 Å². The van der Waals surface area contributed by atoms with Crippen LogP contribution in [0.2, 0.25) is 0 Å². The molecule has 0 fully saturated rings. The van der Waals surface area contributed by atoms with Crippen LogP contribution in [-0.2, 0) is 28.6 Å². The Balaban J connectivity index is 4.72. The number of unbranched alkanes of at least 4 members (excludes halogenated alkanes) is 6. The number of allylic oxidation sites excluding steroid dienone is 30. The molecule has 0 aromatic rings. The molecule has 64 heavy (non-hydrogen) atoms. The van der Waals surface area contributed by atoms with E-state index in [1.807, 2.05) is 109 Å². The van der Waals surface area contributed by atoms with Gasteiger partial charge in [-0.2, -0.15) is 0 Å². The van der Waals surface area contributed by atoms with Gasteiger partial charge in [0.25, 0.3) is 0 Å². The van der Waals surface area contributed by atoms with E-state index >= 15 is 0 Å². The summed E-state index contributed by atoms with van der Waals surface area (Å²) in [5.41, 5.74) is 0. The highest BCUT2D eigenvalue weighted by Gasteiger charge is 2.19. The lowest BCUT2D eigenvalue weighted by Gasteiger charge is -2.18. The molecule has 1 unspecified atom stereocenters. The van der Waals surface area contributed by atoms with Gasteiger partial charge >= 0.3 is 17.9 Å². The van der Waals surface area contributed by atoms with Gasteiger partial charge in [0.05, 0.1) is 0 Å². The first-order valence-corrected chi connectivity index (χ1v) is 23.9. The molecule has 0 radical (unpaired) electrons. The fraction of sp³-hybridized carbons (Fsp3) is 0.431. The molecule has 0 aliphatic heterocycles. The first-order valence-electron chi connectivity index (χ1n) is 23.9. The molecular weight excluding hydrogens is 793 g/mol. The van der Waals surface area contributed by atoms with Crippen molar-refractivity contribution < 1.29 is 28.6 Å². The minimum Gasteiger partial charge on any atom is -0.462 e. The summed E-state index contributed by atoms with van der Waals surface area (Å²) in [6.07, 6.45) is 75.9. The predicted octanol–water partition coefficient (Wildman–Crippen LogP) is 15.8. The number of hydrogen-bond acceptors (Lipinski definition) is 6. The third-order valence-corrected chi connectivity index (χ3v) is 8.91. The summed E-state index contributed by atoms with van der Waals surface area (Å²) < 4.78 is 16.6. The average molecular weight is 875 g/mol. The maximum atomic E-state index is 12.8. The monoisotopic (exact) mass is 875 g/mol. The average Bonchev–Trinajstić information content (AvgIpc) is 3.29. The Bertz CT molecular complexity index is 1610. The molecule has 0 rings (SSSR count). The van der Waals surface area contributed by atoms with E-state index in [-0.39, 0.29) is 38.4 Å². The van der Waals surface area contributed by atoms with Crippen LogP contribution in [0.3, 0.4) is 0 Å². The second-order valence-electron chi connectivity index (χ2n) is 14.8. The summed E-state index contributed by atoms with van der Waals surface area (Å²) in [6.45, 7) is 6.05. The van der Waals surface area contributed by atoms with Gasteiger partial charge in [-0.05, 0) is 89.9 Å². The van der Waals surface area contributed by atoms with Crippen molar-refractivity contribution in [2.45, 2.75) is 149 Å². The minimum absolute atomic E-state index is 0.152. The van der Waals surface area contributed by atoms with Gasteiger partial charge in [-0.3, -0.25) is 14.4 Å². The quantitative estimate of drug-likeness (QED) is 0.0201. The molecule has 0 amide bonds. The smallest absolute Gasteiger partial charge is 0.306 e. The Morgan fingerprint density at radius 1 is 0.328 bits per heavy atom. The molecular formula is C58H82O6. The van der Waals surface area contributed by atoms with Crippen molar-refractivity contribution in [1.29, 1.82) is 0 Å². The van der Waals surface area contributed by atoms with Crippen LogP contribution in [0.5, 0.6) is 0 Å². The van der Waals surface area contributed by atoms with Crippen LogP contribution in [0.15, 0.2) is 182 Å². The zero-order valence-electron chi connectivity index (χ0n) is 39.7. The van der Waals surface area contributed by atoms with E-state index in [0.29, 0.717) is 19.3 Å². The van der Waals surface area contributed by atoms with Crippen molar-refractivity contribution in [2.75, 3.05) is 13.2 Å². The number of hydrogen-bond donors (Lipinski definition) is 0. The summed E-state index contributed by atoms with van der Waals surface area (Å²) in [5, 5.41) is 0. The molecule has 0 aromatic heterocycles. The van der Waals surface area contributed by atoms with Gasteiger partial charge in [-0.1, -0.05) is 216 Å². The van der Waals surface area contributed by atoms with Crippen molar-refractivity contribution in [3.8, 4) is 0 Å². The lowest BCUT2D eigenvalue weighted by Crippen LogP contribution is -2.30. The molecule has 0 spiro atoms. The summed E-state index contributed by atoms with van der Waals surface area (Å²) in [7, 11) is 0. The van der Waals surface area contributed by atoms with E-state index in [1.54, 1.807) is 0 Å². The second kappa shape index (κ2) is 50.2. The Morgan fingerprint density at radius 2 is 0.672 bits per heavy atom. The summed E-state index contributed by atoms with van der Waals surface area (Å²) in [6, 6.07) is 0. The SMILES string of the molecule is CC\C=C/C=C\C=C/C=C\C=C/CCCCCC(=O)OCC(COC(=O)CC/C=C\C/C=C\C/C=C\C/C=C\C/C=C\CC)OC(=O)CCCCC\C=C/C=C\C=C/C=C\C=C/CC. The van der Waals surface area contributed by atoms with Crippen LogP contribution < -0.4 is 0 Å². The maximum Gasteiger partial charge on any atom is 0.306 e.